The molecule has 0 aliphatic carbocycles. The van der Waals surface area contributed by atoms with Crippen LogP contribution in [-0.2, 0) is 4.79 Å². The van der Waals surface area contributed by atoms with Gasteiger partial charge < -0.3 is 10.4 Å². The molecule has 3 aromatic rings. The molecule has 1 amide bonds. The van der Waals surface area contributed by atoms with Crippen LogP contribution in [0, 0.1) is 34.6 Å². The zero-order chi connectivity index (χ0) is 24.6. The first-order chi connectivity index (χ1) is 15.5. The summed E-state index contributed by atoms with van der Waals surface area (Å²) in [5.41, 5.74) is 6.34. The first-order valence-corrected chi connectivity index (χ1v) is 10.9. The third-order valence-corrected chi connectivity index (χ3v) is 6.45. The monoisotopic (exact) mass is 446 g/mol. The number of carbonyl (C=O) groups excluding carboxylic acids is 1. The molecule has 0 saturated heterocycles. The van der Waals surface area contributed by atoms with Crippen molar-refractivity contribution in [3.8, 4) is 16.8 Å². The Morgan fingerprint density at radius 2 is 1.48 bits per heavy atom. The van der Waals surface area contributed by atoms with E-state index in [1.807, 2.05) is 64.1 Å². The molecule has 1 unspecified atom stereocenters. The molecule has 6 heteroatoms. The SMILES string of the molecule is CNC(=O)c1c(C(C)C(=O)O)c(-c2ccc(C)c(C)c2)c(C)n(-c2ccc(C)c(C)c2)c1=O. The Hall–Kier alpha value is -3.67. The van der Waals surface area contributed by atoms with Gasteiger partial charge in [0.05, 0.1) is 5.92 Å². The molecule has 2 aromatic carbocycles. The summed E-state index contributed by atoms with van der Waals surface area (Å²) in [5, 5.41) is 12.4. The Labute approximate surface area is 193 Å². The molecular formula is C27H30N2O4. The number of rotatable bonds is 5. The first-order valence-electron chi connectivity index (χ1n) is 10.9. The lowest BCUT2D eigenvalue weighted by Gasteiger charge is -2.24. The van der Waals surface area contributed by atoms with Crippen LogP contribution in [0.15, 0.2) is 41.2 Å². The highest BCUT2D eigenvalue weighted by molar-refractivity contribution is 5.99. The summed E-state index contributed by atoms with van der Waals surface area (Å²) in [6.45, 7) is 11.2. The van der Waals surface area contributed by atoms with Gasteiger partial charge in [0.15, 0.2) is 0 Å². The highest BCUT2D eigenvalue weighted by atomic mass is 16.4. The average Bonchev–Trinajstić information content (AvgIpc) is 2.76. The predicted octanol–water partition coefficient (Wildman–Crippen LogP) is 4.59. The summed E-state index contributed by atoms with van der Waals surface area (Å²) < 4.78 is 1.51. The number of benzene rings is 2. The second-order valence-electron chi connectivity index (χ2n) is 8.60. The summed E-state index contributed by atoms with van der Waals surface area (Å²) in [5.74, 6) is -2.77. The van der Waals surface area contributed by atoms with E-state index in [9.17, 15) is 19.5 Å². The van der Waals surface area contributed by atoms with Crippen molar-refractivity contribution in [2.75, 3.05) is 7.05 Å². The van der Waals surface area contributed by atoms with E-state index in [0.717, 1.165) is 27.8 Å². The highest BCUT2D eigenvalue weighted by Gasteiger charge is 2.31. The number of hydrogen-bond donors (Lipinski definition) is 2. The summed E-state index contributed by atoms with van der Waals surface area (Å²) in [6.07, 6.45) is 0. The van der Waals surface area contributed by atoms with Crippen molar-refractivity contribution in [1.82, 2.24) is 9.88 Å². The Morgan fingerprint density at radius 3 is 2.00 bits per heavy atom. The molecule has 0 aliphatic rings. The minimum atomic E-state index is -1.10. The van der Waals surface area contributed by atoms with E-state index in [-0.39, 0.29) is 11.1 Å². The number of carboxylic acid groups (broad SMARTS) is 1. The number of pyridine rings is 1. The Morgan fingerprint density at radius 1 is 0.909 bits per heavy atom. The van der Waals surface area contributed by atoms with Gasteiger partial charge in [-0.05, 0) is 87.1 Å². The second-order valence-corrected chi connectivity index (χ2v) is 8.60. The number of aryl methyl sites for hydroxylation is 4. The fourth-order valence-corrected chi connectivity index (χ4v) is 4.15. The van der Waals surface area contributed by atoms with Gasteiger partial charge in [-0.2, -0.15) is 0 Å². The van der Waals surface area contributed by atoms with Gasteiger partial charge in [0.1, 0.15) is 5.56 Å². The third kappa shape index (κ3) is 4.21. The highest BCUT2D eigenvalue weighted by Crippen LogP contribution is 2.36. The normalized spacial score (nSPS) is 11.8. The summed E-state index contributed by atoms with van der Waals surface area (Å²) in [4.78, 5) is 38.8. The Kier molecular flexibility index (Phi) is 6.58. The van der Waals surface area contributed by atoms with E-state index >= 15 is 0 Å². The molecule has 0 bridgehead atoms. The summed E-state index contributed by atoms with van der Waals surface area (Å²) in [6, 6.07) is 11.5. The number of aromatic nitrogens is 1. The fraction of sp³-hybridized carbons (Fsp3) is 0.296. The molecular weight excluding hydrogens is 416 g/mol. The standard InChI is InChI=1S/C27H30N2O4/c1-14-8-10-20(12-16(14)3)23-19(6)29(21-11-9-15(2)17(4)13-21)26(31)24(25(30)28-7)22(23)18(5)27(32)33/h8-13,18H,1-7H3,(H,28,30)(H,32,33). The molecule has 1 heterocycles. The summed E-state index contributed by atoms with van der Waals surface area (Å²) >= 11 is 0. The van der Waals surface area contributed by atoms with Crippen LogP contribution in [0.5, 0.6) is 0 Å². The Bertz CT molecular complexity index is 1330. The number of nitrogens with one attached hydrogen (secondary N) is 1. The first kappa shape index (κ1) is 24.0. The van der Waals surface area contributed by atoms with E-state index in [1.54, 1.807) is 6.92 Å². The molecule has 3 rings (SSSR count). The molecule has 0 radical (unpaired) electrons. The molecule has 0 fully saturated rings. The zero-order valence-corrected chi connectivity index (χ0v) is 20.2. The lowest BCUT2D eigenvalue weighted by atomic mass is 9.85. The molecule has 6 nitrogen and oxygen atoms in total. The van der Waals surface area contributed by atoms with Crippen molar-refractivity contribution >= 4 is 11.9 Å². The van der Waals surface area contributed by atoms with Crippen molar-refractivity contribution in [2.45, 2.75) is 47.5 Å². The maximum absolute atomic E-state index is 13.7. The van der Waals surface area contributed by atoms with Gasteiger partial charge in [0.25, 0.3) is 11.5 Å². The van der Waals surface area contributed by atoms with E-state index < -0.39 is 23.4 Å². The quantitative estimate of drug-likeness (QED) is 0.600. The number of nitrogens with zero attached hydrogens (tertiary/aromatic N) is 1. The van der Waals surface area contributed by atoms with E-state index in [2.05, 4.69) is 5.32 Å². The van der Waals surface area contributed by atoms with Crippen LogP contribution in [0.4, 0.5) is 0 Å². The third-order valence-electron chi connectivity index (χ3n) is 6.45. The smallest absolute Gasteiger partial charge is 0.310 e. The van der Waals surface area contributed by atoms with Gasteiger partial charge in [-0.3, -0.25) is 19.0 Å². The molecule has 0 spiro atoms. The minimum absolute atomic E-state index is 0.149. The number of hydrogen-bond acceptors (Lipinski definition) is 3. The van der Waals surface area contributed by atoms with E-state index in [1.165, 1.54) is 18.5 Å². The number of aliphatic carboxylic acids is 1. The Balaban J connectivity index is 2.58. The van der Waals surface area contributed by atoms with Crippen LogP contribution >= 0.6 is 0 Å². The average molecular weight is 447 g/mol. The van der Waals surface area contributed by atoms with Gasteiger partial charge in [0, 0.05) is 24.0 Å². The molecule has 1 atom stereocenters. The van der Waals surface area contributed by atoms with Crippen molar-refractivity contribution in [3.05, 3.63) is 85.8 Å². The number of carbonyl (C=O) groups is 2. The van der Waals surface area contributed by atoms with Gasteiger partial charge in [-0.25, -0.2) is 0 Å². The molecule has 33 heavy (non-hydrogen) atoms. The molecule has 2 N–H and O–H groups in total. The number of amides is 1. The van der Waals surface area contributed by atoms with Crippen molar-refractivity contribution in [2.24, 2.45) is 0 Å². The van der Waals surface area contributed by atoms with Gasteiger partial charge in [0.2, 0.25) is 0 Å². The summed E-state index contributed by atoms with van der Waals surface area (Å²) in [7, 11) is 1.44. The lowest BCUT2D eigenvalue weighted by molar-refractivity contribution is -0.138. The van der Waals surface area contributed by atoms with Crippen molar-refractivity contribution in [1.29, 1.82) is 0 Å². The maximum Gasteiger partial charge on any atom is 0.310 e. The van der Waals surface area contributed by atoms with Gasteiger partial charge >= 0.3 is 5.97 Å². The maximum atomic E-state index is 13.7. The largest absolute Gasteiger partial charge is 0.481 e. The van der Waals surface area contributed by atoms with Gasteiger partial charge in [-0.1, -0.05) is 24.3 Å². The molecule has 172 valence electrons. The predicted molar refractivity (Wildman–Crippen MR) is 131 cm³/mol. The zero-order valence-electron chi connectivity index (χ0n) is 20.2. The lowest BCUT2D eigenvalue weighted by Crippen LogP contribution is -2.35. The van der Waals surface area contributed by atoms with Crippen LogP contribution in [0.1, 0.15) is 56.7 Å². The topological polar surface area (TPSA) is 88.4 Å². The van der Waals surface area contributed by atoms with Crippen LogP contribution in [-0.4, -0.2) is 28.6 Å². The number of carboxylic acids is 1. The van der Waals surface area contributed by atoms with E-state index in [4.69, 9.17) is 0 Å². The van der Waals surface area contributed by atoms with Crippen LogP contribution in [0.2, 0.25) is 0 Å². The second kappa shape index (κ2) is 9.06. The van der Waals surface area contributed by atoms with Gasteiger partial charge in [-0.15, -0.1) is 0 Å². The van der Waals surface area contributed by atoms with Crippen molar-refractivity contribution in [3.63, 3.8) is 0 Å². The minimum Gasteiger partial charge on any atom is -0.481 e. The fourth-order valence-electron chi connectivity index (χ4n) is 4.15. The molecule has 0 saturated carbocycles. The van der Waals surface area contributed by atoms with Crippen molar-refractivity contribution < 1.29 is 14.7 Å². The molecule has 0 aliphatic heterocycles. The van der Waals surface area contributed by atoms with Crippen LogP contribution < -0.4 is 10.9 Å². The van der Waals surface area contributed by atoms with E-state index in [0.29, 0.717) is 16.9 Å². The molecule has 1 aromatic heterocycles. The van der Waals surface area contributed by atoms with Crippen LogP contribution in [0.3, 0.4) is 0 Å². The van der Waals surface area contributed by atoms with Crippen LogP contribution in [0.25, 0.3) is 16.8 Å².